The van der Waals surface area contributed by atoms with Crippen molar-refractivity contribution in [1.82, 2.24) is 3.93 Å². The number of carbonyl (C=O) groups is 1. The van der Waals surface area contributed by atoms with Crippen LogP contribution in [0.3, 0.4) is 0 Å². The Kier molecular flexibility index (Phi) is 1.85. The van der Waals surface area contributed by atoms with Gasteiger partial charge in [0.15, 0.2) is 0 Å². The predicted octanol–water partition coefficient (Wildman–Crippen LogP) is 2.61. The van der Waals surface area contributed by atoms with Crippen molar-refractivity contribution in [2.24, 2.45) is 0 Å². The fourth-order valence-corrected chi connectivity index (χ4v) is 1.91. The fourth-order valence-electron chi connectivity index (χ4n) is 1.25. The van der Waals surface area contributed by atoms with Crippen LogP contribution >= 0.6 is 27.7 Å². The molecular formula is C8H5BrClNO. The first-order chi connectivity index (χ1) is 5.68. The lowest BCUT2D eigenvalue weighted by molar-refractivity contribution is 0.0896. The lowest BCUT2D eigenvalue weighted by Gasteiger charge is -2.00. The van der Waals surface area contributed by atoms with E-state index >= 15 is 0 Å². The summed E-state index contributed by atoms with van der Waals surface area (Å²) in [4.78, 5) is 11.3. The van der Waals surface area contributed by atoms with Crippen molar-refractivity contribution in [2.75, 3.05) is 0 Å². The minimum Gasteiger partial charge on any atom is -0.270 e. The Balaban J connectivity index is 2.54. The van der Waals surface area contributed by atoms with E-state index in [-0.39, 0.29) is 5.91 Å². The summed E-state index contributed by atoms with van der Waals surface area (Å²) in [6.45, 7) is 0.592. The summed E-state index contributed by atoms with van der Waals surface area (Å²) in [5.41, 5.74) is 1.71. The van der Waals surface area contributed by atoms with E-state index in [1.165, 1.54) is 3.93 Å². The van der Waals surface area contributed by atoms with Crippen molar-refractivity contribution >= 4 is 33.7 Å². The molecule has 1 aliphatic rings. The van der Waals surface area contributed by atoms with Crippen LogP contribution in [0.2, 0.25) is 5.02 Å². The molecule has 2 nitrogen and oxygen atoms in total. The van der Waals surface area contributed by atoms with Gasteiger partial charge in [0, 0.05) is 10.6 Å². The summed E-state index contributed by atoms with van der Waals surface area (Å²) in [5.74, 6) is 0.00154. The molecule has 0 spiro atoms. The minimum absolute atomic E-state index is 0.00154. The summed E-state index contributed by atoms with van der Waals surface area (Å²) in [7, 11) is 0. The van der Waals surface area contributed by atoms with Crippen LogP contribution in [0.15, 0.2) is 18.2 Å². The largest absolute Gasteiger partial charge is 0.270 e. The van der Waals surface area contributed by atoms with Crippen molar-refractivity contribution in [1.29, 1.82) is 0 Å². The highest BCUT2D eigenvalue weighted by atomic mass is 79.9. The number of amides is 1. The molecule has 0 aromatic heterocycles. The molecule has 1 aromatic carbocycles. The molecular weight excluding hydrogens is 241 g/mol. The van der Waals surface area contributed by atoms with E-state index < -0.39 is 0 Å². The third kappa shape index (κ3) is 1.13. The quantitative estimate of drug-likeness (QED) is 0.644. The van der Waals surface area contributed by atoms with E-state index in [9.17, 15) is 4.79 Å². The molecule has 1 amide bonds. The Morgan fingerprint density at radius 1 is 1.50 bits per heavy atom. The van der Waals surface area contributed by atoms with Crippen LogP contribution in [0.1, 0.15) is 15.9 Å². The van der Waals surface area contributed by atoms with Crippen molar-refractivity contribution in [3.63, 3.8) is 0 Å². The molecule has 1 aliphatic heterocycles. The number of benzene rings is 1. The van der Waals surface area contributed by atoms with E-state index in [2.05, 4.69) is 16.1 Å². The summed E-state index contributed by atoms with van der Waals surface area (Å²) < 4.78 is 1.49. The molecule has 0 unspecified atom stereocenters. The fraction of sp³-hybridized carbons (Fsp3) is 0.125. The number of hydrogen-bond donors (Lipinski definition) is 0. The molecule has 0 bridgehead atoms. The van der Waals surface area contributed by atoms with Crippen LogP contribution in [0.4, 0.5) is 0 Å². The standard InChI is InChI=1S/C8H5BrClNO/c9-11-4-5-3-6(10)1-2-7(5)8(11)12/h1-3H,4H2. The van der Waals surface area contributed by atoms with Gasteiger partial charge in [0.25, 0.3) is 5.91 Å². The van der Waals surface area contributed by atoms with Crippen molar-refractivity contribution in [3.05, 3.63) is 34.3 Å². The van der Waals surface area contributed by atoms with Crippen LogP contribution in [-0.2, 0) is 6.54 Å². The van der Waals surface area contributed by atoms with Crippen molar-refractivity contribution in [2.45, 2.75) is 6.54 Å². The average molecular weight is 246 g/mol. The normalized spacial score (nSPS) is 15.2. The Bertz CT molecular complexity index is 353. The molecule has 1 heterocycles. The third-order valence-corrected chi connectivity index (χ3v) is 2.64. The zero-order chi connectivity index (χ0) is 8.72. The van der Waals surface area contributed by atoms with Gasteiger partial charge in [-0.2, -0.15) is 0 Å². The van der Waals surface area contributed by atoms with Gasteiger partial charge in [0.2, 0.25) is 0 Å². The van der Waals surface area contributed by atoms with E-state index in [1.54, 1.807) is 12.1 Å². The minimum atomic E-state index is 0.00154. The summed E-state index contributed by atoms with van der Waals surface area (Å²) >= 11 is 8.92. The maximum absolute atomic E-state index is 11.3. The van der Waals surface area contributed by atoms with Crippen LogP contribution in [-0.4, -0.2) is 9.83 Å². The van der Waals surface area contributed by atoms with Gasteiger partial charge in [0.05, 0.1) is 22.7 Å². The molecule has 0 saturated heterocycles. The number of halogens is 2. The highest BCUT2D eigenvalue weighted by Crippen LogP contribution is 2.27. The topological polar surface area (TPSA) is 20.3 Å². The van der Waals surface area contributed by atoms with Gasteiger partial charge in [-0.15, -0.1) is 0 Å². The zero-order valence-corrected chi connectivity index (χ0v) is 8.39. The Morgan fingerprint density at radius 3 is 3.00 bits per heavy atom. The molecule has 0 atom stereocenters. The monoisotopic (exact) mass is 245 g/mol. The molecule has 2 rings (SSSR count). The van der Waals surface area contributed by atoms with Gasteiger partial charge in [-0.25, -0.2) is 0 Å². The Morgan fingerprint density at radius 2 is 2.25 bits per heavy atom. The number of nitrogens with zero attached hydrogens (tertiary/aromatic N) is 1. The number of hydrogen-bond acceptors (Lipinski definition) is 1. The molecule has 12 heavy (non-hydrogen) atoms. The second-order valence-electron chi connectivity index (χ2n) is 2.63. The van der Waals surface area contributed by atoms with Crippen LogP contribution < -0.4 is 0 Å². The van der Waals surface area contributed by atoms with E-state index in [4.69, 9.17) is 11.6 Å². The third-order valence-electron chi connectivity index (χ3n) is 1.83. The first-order valence-corrected chi connectivity index (χ1v) is 4.53. The van der Waals surface area contributed by atoms with Crippen LogP contribution in [0.5, 0.6) is 0 Å². The summed E-state index contributed by atoms with van der Waals surface area (Å²) in [5, 5.41) is 0.671. The maximum atomic E-state index is 11.3. The number of rotatable bonds is 0. The molecule has 1 aromatic rings. The second kappa shape index (κ2) is 2.75. The Hall–Kier alpha value is -0.540. The lowest BCUT2D eigenvalue weighted by atomic mass is 10.1. The molecule has 0 radical (unpaired) electrons. The van der Waals surface area contributed by atoms with Crippen molar-refractivity contribution < 1.29 is 4.79 Å². The van der Waals surface area contributed by atoms with Gasteiger partial charge < -0.3 is 0 Å². The average Bonchev–Trinajstić information content (AvgIpc) is 2.28. The molecule has 0 fully saturated rings. The molecule has 0 aliphatic carbocycles. The molecule has 0 N–H and O–H groups in total. The van der Waals surface area contributed by atoms with Crippen LogP contribution in [0, 0.1) is 0 Å². The van der Waals surface area contributed by atoms with Crippen molar-refractivity contribution in [3.8, 4) is 0 Å². The van der Waals surface area contributed by atoms with Crippen LogP contribution in [0.25, 0.3) is 0 Å². The second-order valence-corrected chi connectivity index (χ2v) is 3.92. The molecule has 62 valence electrons. The van der Waals surface area contributed by atoms with Gasteiger partial charge in [-0.1, -0.05) is 11.6 Å². The van der Waals surface area contributed by atoms with E-state index in [1.807, 2.05) is 6.07 Å². The Labute approximate surface area is 83.5 Å². The van der Waals surface area contributed by atoms with Gasteiger partial charge in [0.1, 0.15) is 0 Å². The lowest BCUT2D eigenvalue weighted by Crippen LogP contribution is -2.10. The first-order valence-electron chi connectivity index (χ1n) is 3.44. The first kappa shape index (κ1) is 8.08. The molecule has 0 saturated carbocycles. The summed E-state index contributed by atoms with van der Waals surface area (Å²) in [6, 6.07) is 5.29. The predicted molar refractivity (Wildman–Crippen MR) is 50.3 cm³/mol. The highest BCUT2D eigenvalue weighted by Gasteiger charge is 2.25. The molecule has 4 heteroatoms. The van der Waals surface area contributed by atoms with Gasteiger partial charge >= 0.3 is 0 Å². The highest BCUT2D eigenvalue weighted by molar-refractivity contribution is 9.07. The van der Waals surface area contributed by atoms with E-state index in [0.29, 0.717) is 11.6 Å². The zero-order valence-electron chi connectivity index (χ0n) is 6.05. The van der Waals surface area contributed by atoms with Gasteiger partial charge in [-0.05, 0) is 23.8 Å². The van der Waals surface area contributed by atoms with Gasteiger partial charge in [-0.3, -0.25) is 8.72 Å². The summed E-state index contributed by atoms with van der Waals surface area (Å²) in [6.07, 6.45) is 0. The number of carbonyl (C=O) groups excluding carboxylic acids is 1. The number of fused-ring (bicyclic) bond motifs is 1. The smallest absolute Gasteiger partial charge is 0.264 e. The maximum Gasteiger partial charge on any atom is 0.264 e. The SMILES string of the molecule is O=C1c2ccc(Cl)cc2CN1Br. The van der Waals surface area contributed by atoms with E-state index in [0.717, 1.165) is 11.1 Å².